The molecule has 0 aliphatic carbocycles. The summed E-state index contributed by atoms with van der Waals surface area (Å²) in [6, 6.07) is 0. The molecule has 1 aliphatic rings. The van der Waals surface area contributed by atoms with Crippen molar-refractivity contribution < 1.29 is 4.74 Å². The predicted octanol–water partition coefficient (Wildman–Crippen LogP) is 2.51. The standard InChI is InChI=1S/C15H32N2O/c1-5-10-18-11-6-8-17-9-7-14(13-17)12-16-15(2,3)4/h14,16H,5-13H2,1-4H3. The highest BCUT2D eigenvalue weighted by molar-refractivity contribution is 4.80. The molecule has 0 aromatic rings. The molecule has 1 aliphatic heterocycles. The zero-order chi connectivity index (χ0) is 13.4. The van der Waals surface area contributed by atoms with Crippen molar-refractivity contribution in [2.75, 3.05) is 39.4 Å². The molecule has 1 unspecified atom stereocenters. The highest BCUT2D eigenvalue weighted by Crippen LogP contribution is 2.16. The largest absolute Gasteiger partial charge is 0.381 e. The fourth-order valence-electron chi connectivity index (χ4n) is 2.37. The molecule has 0 aromatic heterocycles. The third-order valence-electron chi connectivity index (χ3n) is 3.40. The van der Waals surface area contributed by atoms with Gasteiger partial charge in [-0.3, -0.25) is 0 Å². The van der Waals surface area contributed by atoms with E-state index in [1.165, 1.54) is 32.5 Å². The maximum absolute atomic E-state index is 5.52. The van der Waals surface area contributed by atoms with Crippen LogP contribution in [0.25, 0.3) is 0 Å². The number of rotatable bonds is 8. The van der Waals surface area contributed by atoms with Crippen LogP contribution in [-0.2, 0) is 4.74 Å². The van der Waals surface area contributed by atoms with E-state index in [0.29, 0.717) is 0 Å². The summed E-state index contributed by atoms with van der Waals surface area (Å²) in [5, 5.41) is 3.62. The molecular weight excluding hydrogens is 224 g/mol. The second-order valence-corrected chi connectivity index (χ2v) is 6.55. The van der Waals surface area contributed by atoms with E-state index in [0.717, 1.165) is 32.1 Å². The molecule has 0 spiro atoms. The van der Waals surface area contributed by atoms with Gasteiger partial charge in [0.15, 0.2) is 0 Å². The van der Waals surface area contributed by atoms with Crippen LogP contribution in [0, 0.1) is 5.92 Å². The zero-order valence-electron chi connectivity index (χ0n) is 12.8. The van der Waals surface area contributed by atoms with Gasteiger partial charge in [0.25, 0.3) is 0 Å². The maximum atomic E-state index is 5.52. The van der Waals surface area contributed by atoms with Crippen molar-refractivity contribution in [3.8, 4) is 0 Å². The smallest absolute Gasteiger partial charge is 0.0478 e. The molecule has 0 saturated carbocycles. The van der Waals surface area contributed by atoms with Crippen LogP contribution >= 0.6 is 0 Å². The predicted molar refractivity (Wildman–Crippen MR) is 78.0 cm³/mol. The Labute approximate surface area is 113 Å². The first-order valence-electron chi connectivity index (χ1n) is 7.56. The van der Waals surface area contributed by atoms with Gasteiger partial charge in [0.1, 0.15) is 0 Å². The summed E-state index contributed by atoms with van der Waals surface area (Å²) < 4.78 is 5.52. The molecule has 1 saturated heterocycles. The Bertz CT molecular complexity index is 213. The summed E-state index contributed by atoms with van der Waals surface area (Å²) in [4.78, 5) is 2.59. The fraction of sp³-hybridized carbons (Fsp3) is 1.00. The van der Waals surface area contributed by atoms with Crippen molar-refractivity contribution in [1.29, 1.82) is 0 Å². The highest BCUT2D eigenvalue weighted by Gasteiger charge is 2.23. The molecule has 1 atom stereocenters. The molecule has 0 amide bonds. The molecule has 1 N–H and O–H groups in total. The van der Waals surface area contributed by atoms with Gasteiger partial charge in [-0.2, -0.15) is 0 Å². The molecule has 1 fully saturated rings. The van der Waals surface area contributed by atoms with Crippen LogP contribution < -0.4 is 5.32 Å². The van der Waals surface area contributed by atoms with Crippen molar-refractivity contribution in [3.63, 3.8) is 0 Å². The minimum absolute atomic E-state index is 0.251. The molecule has 3 nitrogen and oxygen atoms in total. The highest BCUT2D eigenvalue weighted by atomic mass is 16.5. The number of likely N-dealkylation sites (tertiary alicyclic amines) is 1. The van der Waals surface area contributed by atoms with Gasteiger partial charge in [-0.25, -0.2) is 0 Å². The van der Waals surface area contributed by atoms with E-state index in [1.807, 2.05) is 0 Å². The van der Waals surface area contributed by atoms with E-state index in [1.54, 1.807) is 0 Å². The molecular formula is C15H32N2O. The van der Waals surface area contributed by atoms with E-state index in [4.69, 9.17) is 4.74 Å². The lowest BCUT2D eigenvalue weighted by Gasteiger charge is -2.23. The minimum Gasteiger partial charge on any atom is -0.381 e. The van der Waals surface area contributed by atoms with Crippen LogP contribution in [0.4, 0.5) is 0 Å². The summed E-state index contributed by atoms with van der Waals surface area (Å²) in [7, 11) is 0. The Hall–Kier alpha value is -0.120. The Morgan fingerprint density at radius 1 is 1.28 bits per heavy atom. The van der Waals surface area contributed by atoms with Crippen molar-refractivity contribution in [3.05, 3.63) is 0 Å². The van der Waals surface area contributed by atoms with Gasteiger partial charge in [-0.1, -0.05) is 6.92 Å². The third kappa shape index (κ3) is 7.34. The van der Waals surface area contributed by atoms with Gasteiger partial charge in [0.05, 0.1) is 0 Å². The quantitative estimate of drug-likeness (QED) is 0.675. The van der Waals surface area contributed by atoms with Gasteiger partial charge in [0.2, 0.25) is 0 Å². The topological polar surface area (TPSA) is 24.5 Å². The Morgan fingerprint density at radius 2 is 2.06 bits per heavy atom. The first-order valence-corrected chi connectivity index (χ1v) is 7.56. The molecule has 0 bridgehead atoms. The summed E-state index contributed by atoms with van der Waals surface area (Å²) in [6.07, 6.45) is 3.66. The lowest BCUT2D eigenvalue weighted by molar-refractivity contribution is 0.123. The summed E-state index contributed by atoms with van der Waals surface area (Å²) >= 11 is 0. The van der Waals surface area contributed by atoms with Gasteiger partial charge in [0, 0.05) is 31.8 Å². The van der Waals surface area contributed by atoms with Crippen LogP contribution in [0.5, 0.6) is 0 Å². The van der Waals surface area contributed by atoms with E-state index in [-0.39, 0.29) is 5.54 Å². The second-order valence-electron chi connectivity index (χ2n) is 6.55. The van der Waals surface area contributed by atoms with Crippen molar-refractivity contribution >= 4 is 0 Å². The first-order chi connectivity index (χ1) is 8.51. The normalized spacial score (nSPS) is 21.7. The summed E-state index contributed by atoms with van der Waals surface area (Å²) in [5.41, 5.74) is 0.251. The molecule has 1 heterocycles. The van der Waals surface area contributed by atoms with Crippen molar-refractivity contribution in [1.82, 2.24) is 10.2 Å². The maximum Gasteiger partial charge on any atom is 0.0478 e. The average molecular weight is 256 g/mol. The van der Waals surface area contributed by atoms with Crippen molar-refractivity contribution in [2.24, 2.45) is 5.92 Å². The van der Waals surface area contributed by atoms with Crippen LogP contribution in [0.15, 0.2) is 0 Å². The number of nitrogens with one attached hydrogen (secondary N) is 1. The van der Waals surface area contributed by atoms with Crippen LogP contribution in [0.2, 0.25) is 0 Å². The van der Waals surface area contributed by atoms with E-state index in [2.05, 4.69) is 37.9 Å². The van der Waals surface area contributed by atoms with Gasteiger partial charge >= 0.3 is 0 Å². The van der Waals surface area contributed by atoms with Crippen LogP contribution in [0.3, 0.4) is 0 Å². The van der Waals surface area contributed by atoms with Gasteiger partial charge in [-0.05, 0) is 59.0 Å². The fourth-order valence-corrected chi connectivity index (χ4v) is 2.37. The number of ether oxygens (including phenoxy) is 1. The Morgan fingerprint density at radius 3 is 2.72 bits per heavy atom. The van der Waals surface area contributed by atoms with Crippen molar-refractivity contribution in [2.45, 2.75) is 52.5 Å². The number of hydrogen-bond donors (Lipinski definition) is 1. The van der Waals surface area contributed by atoms with E-state index in [9.17, 15) is 0 Å². The lowest BCUT2D eigenvalue weighted by Crippen LogP contribution is -2.39. The number of hydrogen-bond acceptors (Lipinski definition) is 3. The summed E-state index contributed by atoms with van der Waals surface area (Å²) in [5.74, 6) is 0.834. The Balaban J connectivity index is 2.03. The van der Waals surface area contributed by atoms with Gasteiger partial charge in [-0.15, -0.1) is 0 Å². The van der Waals surface area contributed by atoms with Gasteiger partial charge < -0.3 is 15.0 Å². The second kappa shape index (κ2) is 8.13. The molecule has 0 radical (unpaired) electrons. The Kier molecular flexibility index (Phi) is 7.20. The molecule has 3 heteroatoms. The first kappa shape index (κ1) is 15.9. The third-order valence-corrected chi connectivity index (χ3v) is 3.40. The van der Waals surface area contributed by atoms with Crippen LogP contribution in [0.1, 0.15) is 47.0 Å². The average Bonchev–Trinajstić information content (AvgIpc) is 2.73. The SMILES string of the molecule is CCCOCCCN1CCC(CNC(C)(C)C)C1. The van der Waals surface area contributed by atoms with Crippen LogP contribution in [-0.4, -0.2) is 49.8 Å². The summed E-state index contributed by atoms with van der Waals surface area (Å²) in [6.45, 7) is 15.6. The monoisotopic (exact) mass is 256 g/mol. The molecule has 1 rings (SSSR count). The molecule has 0 aromatic carbocycles. The molecule has 18 heavy (non-hydrogen) atoms. The molecule has 108 valence electrons. The van der Waals surface area contributed by atoms with E-state index < -0.39 is 0 Å². The lowest BCUT2D eigenvalue weighted by atomic mass is 10.1. The zero-order valence-corrected chi connectivity index (χ0v) is 12.8. The van der Waals surface area contributed by atoms with E-state index >= 15 is 0 Å². The number of nitrogens with zero attached hydrogens (tertiary/aromatic N) is 1. The minimum atomic E-state index is 0.251.